The summed E-state index contributed by atoms with van der Waals surface area (Å²) in [7, 11) is 3.64. The van der Waals surface area contributed by atoms with Crippen molar-refractivity contribution in [3.05, 3.63) is 0 Å². The van der Waals surface area contributed by atoms with Gasteiger partial charge in [0.25, 0.3) is 0 Å². The molecule has 1 amide bonds. The lowest BCUT2D eigenvalue weighted by Crippen LogP contribution is -2.47. The van der Waals surface area contributed by atoms with Crippen LogP contribution in [-0.2, 0) is 4.79 Å². The van der Waals surface area contributed by atoms with E-state index in [9.17, 15) is 4.79 Å². The van der Waals surface area contributed by atoms with Crippen LogP contribution in [0.5, 0.6) is 0 Å². The van der Waals surface area contributed by atoms with Crippen LogP contribution in [0.15, 0.2) is 0 Å². The van der Waals surface area contributed by atoms with E-state index < -0.39 is 0 Å². The zero-order valence-corrected chi connectivity index (χ0v) is 9.99. The molecule has 1 N–H and O–H groups in total. The monoisotopic (exact) mass is 210 g/mol. The Hall–Kier alpha value is -0.570. The molecule has 2 rings (SSSR count). The first-order chi connectivity index (χ1) is 7.08. The molecule has 0 aromatic heterocycles. The van der Waals surface area contributed by atoms with Crippen molar-refractivity contribution in [3.63, 3.8) is 0 Å². The van der Waals surface area contributed by atoms with Gasteiger partial charge in [-0.25, -0.2) is 0 Å². The number of hydrogen-bond acceptors (Lipinski definition) is 2. The van der Waals surface area contributed by atoms with Gasteiger partial charge in [-0.3, -0.25) is 4.79 Å². The van der Waals surface area contributed by atoms with E-state index in [0.717, 1.165) is 11.8 Å². The van der Waals surface area contributed by atoms with E-state index in [2.05, 4.69) is 5.32 Å². The maximum Gasteiger partial charge on any atom is 0.238 e. The number of nitrogens with one attached hydrogen (secondary N) is 1. The Labute approximate surface area is 92.2 Å². The SMILES string of the molecule is C[C@@H](NC1CC2CCC1C2)C(=O)N(C)C. The van der Waals surface area contributed by atoms with Gasteiger partial charge in [-0.15, -0.1) is 0 Å². The summed E-state index contributed by atoms with van der Waals surface area (Å²) in [4.78, 5) is 13.4. The average molecular weight is 210 g/mol. The highest BCUT2D eigenvalue weighted by Crippen LogP contribution is 2.44. The number of fused-ring (bicyclic) bond motifs is 2. The standard InChI is InChI=1S/C12H22N2O/c1-8(12(15)14(2)3)13-11-7-9-4-5-10(11)6-9/h8-11,13H,4-7H2,1-3H3/t8-,9?,10?,11?/m1/s1. The molecule has 3 unspecified atom stereocenters. The first kappa shape index (κ1) is 10.9. The predicted molar refractivity (Wildman–Crippen MR) is 60.5 cm³/mol. The second kappa shape index (κ2) is 4.12. The van der Waals surface area contributed by atoms with Crippen LogP contribution in [-0.4, -0.2) is 37.0 Å². The fourth-order valence-corrected chi connectivity index (χ4v) is 3.23. The second-order valence-corrected chi connectivity index (χ2v) is 5.40. The Balaban J connectivity index is 1.84. The molecule has 2 aliphatic carbocycles. The van der Waals surface area contributed by atoms with Gasteiger partial charge in [-0.05, 0) is 38.0 Å². The molecule has 0 aromatic rings. The Kier molecular flexibility index (Phi) is 3.01. The third-order valence-electron chi connectivity index (χ3n) is 4.01. The van der Waals surface area contributed by atoms with Crippen molar-refractivity contribution in [1.29, 1.82) is 0 Å². The summed E-state index contributed by atoms with van der Waals surface area (Å²) in [5.41, 5.74) is 0. The fraction of sp³-hybridized carbons (Fsp3) is 0.917. The van der Waals surface area contributed by atoms with Crippen LogP contribution in [0.4, 0.5) is 0 Å². The normalized spacial score (nSPS) is 35.5. The van der Waals surface area contributed by atoms with E-state index in [1.54, 1.807) is 4.90 Å². The highest BCUT2D eigenvalue weighted by Gasteiger charge is 2.40. The highest BCUT2D eigenvalue weighted by molar-refractivity contribution is 5.80. The minimum atomic E-state index is -0.0238. The van der Waals surface area contributed by atoms with Crippen LogP contribution < -0.4 is 5.32 Å². The smallest absolute Gasteiger partial charge is 0.238 e. The topological polar surface area (TPSA) is 32.3 Å². The minimum Gasteiger partial charge on any atom is -0.347 e. The molecule has 3 heteroatoms. The summed E-state index contributed by atoms with van der Waals surface area (Å²) in [5, 5.41) is 3.50. The minimum absolute atomic E-state index is 0.0238. The molecule has 0 aliphatic heterocycles. The Morgan fingerprint density at radius 2 is 2.07 bits per heavy atom. The maximum absolute atomic E-state index is 11.7. The largest absolute Gasteiger partial charge is 0.347 e. The number of rotatable bonds is 3. The molecule has 2 fully saturated rings. The summed E-state index contributed by atoms with van der Waals surface area (Å²) in [6, 6.07) is 0.576. The van der Waals surface area contributed by atoms with Gasteiger partial charge in [-0.1, -0.05) is 6.42 Å². The van der Waals surface area contributed by atoms with Crippen LogP contribution in [0.25, 0.3) is 0 Å². The maximum atomic E-state index is 11.7. The van der Waals surface area contributed by atoms with E-state index in [4.69, 9.17) is 0 Å². The second-order valence-electron chi connectivity index (χ2n) is 5.40. The fourth-order valence-electron chi connectivity index (χ4n) is 3.23. The lowest BCUT2D eigenvalue weighted by atomic mass is 9.95. The molecular weight excluding hydrogens is 188 g/mol. The third kappa shape index (κ3) is 2.17. The zero-order valence-electron chi connectivity index (χ0n) is 9.99. The van der Waals surface area contributed by atoms with Crippen LogP contribution in [0.3, 0.4) is 0 Å². The molecule has 2 aliphatic rings. The van der Waals surface area contributed by atoms with Gasteiger partial charge in [0.1, 0.15) is 0 Å². The molecule has 0 spiro atoms. The van der Waals surface area contributed by atoms with Crippen molar-refractivity contribution < 1.29 is 4.79 Å². The van der Waals surface area contributed by atoms with Crippen molar-refractivity contribution in [3.8, 4) is 0 Å². The van der Waals surface area contributed by atoms with Gasteiger partial charge >= 0.3 is 0 Å². The van der Waals surface area contributed by atoms with E-state index in [-0.39, 0.29) is 11.9 Å². The van der Waals surface area contributed by atoms with Crippen molar-refractivity contribution in [1.82, 2.24) is 10.2 Å². The van der Waals surface area contributed by atoms with Gasteiger partial charge in [0, 0.05) is 20.1 Å². The summed E-state index contributed by atoms with van der Waals surface area (Å²) in [6.07, 6.45) is 5.46. The average Bonchev–Trinajstić information content (AvgIpc) is 2.77. The van der Waals surface area contributed by atoms with Crippen LogP contribution in [0.1, 0.15) is 32.6 Å². The van der Waals surface area contributed by atoms with Gasteiger partial charge in [0.2, 0.25) is 5.91 Å². The molecular formula is C12H22N2O. The number of nitrogens with zero attached hydrogens (tertiary/aromatic N) is 1. The van der Waals surface area contributed by atoms with Gasteiger partial charge in [-0.2, -0.15) is 0 Å². The summed E-state index contributed by atoms with van der Waals surface area (Å²) < 4.78 is 0. The zero-order chi connectivity index (χ0) is 11.0. The number of carbonyl (C=O) groups is 1. The number of likely N-dealkylation sites (N-methyl/N-ethyl adjacent to an activating group) is 1. The lowest BCUT2D eigenvalue weighted by molar-refractivity contribution is -0.130. The van der Waals surface area contributed by atoms with Crippen molar-refractivity contribution in [2.75, 3.05) is 14.1 Å². The molecule has 2 saturated carbocycles. The number of carbonyl (C=O) groups excluding carboxylic acids is 1. The van der Waals surface area contributed by atoms with Crippen molar-refractivity contribution in [2.45, 2.75) is 44.7 Å². The van der Waals surface area contributed by atoms with Crippen LogP contribution in [0.2, 0.25) is 0 Å². The quantitative estimate of drug-likeness (QED) is 0.760. The van der Waals surface area contributed by atoms with E-state index in [0.29, 0.717) is 6.04 Å². The van der Waals surface area contributed by atoms with Gasteiger partial charge in [0.05, 0.1) is 6.04 Å². The first-order valence-electron chi connectivity index (χ1n) is 6.05. The van der Waals surface area contributed by atoms with Crippen LogP contribution in [0, 0.1) is 11.8 Å². The molecule has 86 valence electrons. The molecule has 0 heterocycles. The summed E-state index contributed by atoms with van der Waals surface area (Å²) >= 11 is 0. The molecule has 0 radical (unpaired) electrons. The van der Waals surface area contributed by atoms with E-state index in [1.165, 1.54) is 25.7 Å². The molecule has 15 heavy (non-hydrogen) atoms. The Bertz CT molecular complexity index is 252. The lowest BCUT2D eigenvalue weighted by Gasteiger charge is -2.27. The summed E-state index contributed by atoms with van der Waals surface area (Å²) in [6.45, 7) is 1.98. The Morgan fingerprint density at radius 3 is 2.53 bits per heavy atom. The van der Waals surface area contributed by atoms with E-state index in [1.807, 2.05) is 21.0 Å². The molecule has 0 saturated heterocycles. The first-order valence-corrected chi connectivity index (χ1v) is 6.05. The molecule has 3 nitrogen and oxygen atoms in total. The van der Waals surface area contributed by atoms with E-state index >= 15 is 0 Å². The molecule has 0 aromatic carbocycles. The number of hydrogen-bond donors (Lipinski definition) is 1. The Morgan fingerprint density at radius 1 is 1.33 bits per heavy atom. The van der Waals surface area contributed by atoms with Crippen molar-refractivity contribution in [2.24, 2.45) is 11.8 Å². The predicted octanol–water partition coefficient (Wildman–Crippen LogP) is 1.24. The number of amides is 1. The van der Waals surface area contributed by atoms with Gasteiger partial charge in [0.15, 0.2) is 0 Å². The molecule has 4 atom stereocenters. The third-order valence-corrected chi connectivity index (χ3v) is 4.01. The van der Waals surface area contributed by atoms with Crippen LogP contribution >= 0.6 is 0 Å². The molecule has 2 bridgehead atoms. The highest BCUT2D eigenvalue weighted by atomic mass is 16.2. The van der Waals surface area contributed by atoms with Crippen molar-refractivity contribution >= 4 is 5.91 Å². The van der Waals surface area contributed by atoms with Gasteiger partial charge < -0.3 is 10.2 Å². The summed E-state index contributed by atoms with van der Waals surface area (Å²) in [5.74, 6) is 1.97.